The van der Waals surface area contributed by atoms with Gasteiger partial charge in [0.05, 0.1) is 6.61 Å². The summed E-state index contributed by atoms with van der Waals surface area (Å²) in [5.41, 5.74) is 1.79. The maximum Gasteiger partial charge on any atom is 0.262 e. The highest BCUT2D eigenvalue weighted by Crippen LogP contribution is 2.20. The normalized spacial score (nSPS) is 10.2. The van der Waals surface area contributed by atoms with E-state index in [1.54, 1.807) is 24.3 Å². The molecule has 0 radical (unpaired) electrons. The predicted octanol–water partition coefficient (Wildman–Crippen LogP) is 4.68. The van der Waals surface area contributed by atoms with Gasteiger partial charge in [-0.3, -0.25) is 4.79 Å². The summed E-state index contributed by atoms with van der Waals surface area (Å²) in [6.07, 6.45) is 0. The lowest BCUT2D eigenvalue weighted by Crippen LogP contribution is -2.20. The highest BCUT2D eigenvalue weighted by atomic mass is 16.5. The van der Waals surface area contributed by atoms with Crippen LogP contribution in [0.15, 0.2) is 78.9 Å². The molecule has 0 aliphatic heterocycles. The molecular weight excluding hydrogens is 354 g/mol. The standard InChI is InChI=1S/C23H23NO4/c1-2-26-21-9-6-10-22(15-21)28-17-23(25)24-19-11-13-20(14-12-19)27-16-18-7-4-3-5-8-18/h3-15H,2,16-17H2,1H3,(H,24,25). The average Bonchev–Trinajstić information content (AvgIpc) is 2.73. The van der Waals surface area contributed by atoms with E-state index >= 15 is 0 Å². The first-order valence-corrected chi connectivity index (χ1v) is 9.15. The van der Waals surface area contributed by atoms with Crippen molar-refractivity contribution in [1.29, 1.82) is 0 Å². The van der Waals surface area contributed by atoms with Crippen molar-refractivity contribution in [3.63, 3.8) is 0 Å². The van der Waals surface area contributed by atoms with Gasteiger partial charge in [0.15, 0.2) is 6.61 Å². The molecule has 3 rings (SSSR count). The summed E-state index contributed by atoms with van der Waals surface area (Å²) in [6, 6.07) is 24.4. The molecule has 1 N–H and O–H groups in total. The first kappa shape index (κ1) is 19.3. The van der Waals surface area contributed by atoms with Gasteiger partial charge < -0.3 is 19.5 Å². The minimum Gasteiger partial charge on any atom is -0.494 e. The monoisotopic (exact) mass is 377 g/mol. The molecule has 0 spiro atoms. The van der Waals surface area contributed by atoms with Gasteiger partial charge in [0, 0.05) is 11.8 Å². The molecule has 3 aromatic carbocycles. The quantitative estimate of drug-likeness (QED) is 0.588. The molecule has 0 saturated heterocycles. The van der Waals surface area contributed by atoms with Gasteiger partial charge in [0.1, 0.15) is 23.9 Å². The van der Waals surface area contributed by atoms with Gasteiger partial charge in [0.2, 0.25) is 0 Å². The van der Waals surface area contributed by atoms with E-state index in [0.717, 1.165) is 11.3 Å². The van der Waals surface area contributed by atoms with E-state index in [0.29, 0.717) is 30.4 Å². The number of hydrogen-bond donors (Lipinski definition) is 1. The van der Waals surface area contributed by atoms with Crippen molar-refractivity contribution >= 4 is 11.6 Å². The third-order valence-corrected chi connectivity index (χ3v) is 3.87. The second kappa shape index (κ2) is 10.0. The van der Waals surface area contributed by atoms with Gasteiger partial charge >= 0.3 is 0 Å². The number of benzene rings is 3. The second-order valence-electron chi connectivity index (χ2n) is 6.04. The molecule has 0 aliphatic rings. The Morgan fingerprint density at radius 2 is 1.50 bits per heavy atom. The Labute approximate surface area is 164 Å². The molecule has 0 unspecified atom stereocenters. The third-order valence-electron chi connectivity index (χ3n) is 3.87. The van der Waals surface area contributed by atoms with E-state index < -0.39 is 0 Å². The molecule has 0 fully saturated rings. The Bertz CT molecular complexity index is 879. The van der Waals surface area contributed by atoms with Crippen LogP contribution in [0.4, 0.5) is 5.69 Å². The zero-order valence-electron chi connectivity index (χ0n) is 15.8. The van der Waals surface area contributed by atoms with E-state index in [2.05, 4.69) is 5.32 Å². The average molecular weight is 377 g/mol. The van der Waals surface area contributed by atoms with Crippen LogP contribution in [0.1, 0.15) is 12.5 Å². The van der Waals surface area contributed by atoms with Crippen LogP contribution in [-0.4, -0.2) is 19.1 Å². The molecule has 144 valence electrons. The highest BCUT2D eigenvalue weighted by molar-refractivity contribution is 5.91. The molecule has 28 heavy (non-hydrogen) atoms. The fourth-order valence-electron chi connectivity index (χ4n) is 2.54. The summed E-state index contributed by atoms with van der Waals surface area (Å²) in [6.45, 7) is 2.91. The Morgan fingerprint density at radius 1 is 0.786 bits per heavy atom. The summed E-state index contributed by atoms with van der Waals surface area (Å²) in [5.74, 6) is 1.81. The molecule has 1 amide bonds. The van der Waals surface area contributed by atoms with Crippen molar-refractivity contribution < 1.29 is 19.0 Å². The van der Waals surface area contributed by atoms with Gasteiger partial charge in [-0.2, -0.15) is 0 Å². The largest absolute Gasteiger partial charge is 0.494 e. The van der Waals surface area contributed by atoms with Crippen molar-refractivity contribution in [2.24, 2.45) is 0 Å². The zero-order chi connectivity index (χ0) is 19.6. The van der Waals surface area contributed by atoms with Crippen LogP contribution in [0.3, 0.4) is 0 Å². The molecule has 0 aromatic heterocycles. The van der Waals surface area contributed by atoms with Crippen LogP contribution in [0.5, 0.6) is 17.2 Å². The Hall–Kier alpha value is -3.47. The minimum absolute atomic E-state index is 0.0815. The molecule has 0 heterocycles. The van der Waals surface area contributed by atoms with Crippen molar-refractivity contribution in [3.05, 3.63) is 84.4 Å². The lowest BCUT2D eigenvalue weighted by molar-refractivity contribution is -0.118. The SMILES string of the molecule is CCOc1cccc(OCC(=O)Nc2ccc(OCc3ccccc3)cc2)c1. The molecular formula is C23H23NO4. The van der Waals surface area contributed by atoms with Gasteiger partial charge in [-0.15, -0.1) is 0 Å². The van der Waals surface area contributed by atoms with Crippen LogP contribution in [0, 0.1) is 0 Å². The van der Waals surface area contributed by atoms with Crippen LogP contribution in [-0.2, 0) is 11.4 Å². The molecule has 0 aliphatic carbocycles. The van der Waals surface area contributed by atoms with E-state index in [9.17, 15) is 4.79 Å². The van der Waals surface area contributed by atoms with Crippen molar-refractivity contribution in [1.82, 2.24) is 0 Å². The summed E-state index contributed by atoms with van der Waals surface area (Å²) < 4.78 is 16.7. The second-order valence-corrected chi connectivity index (χ2v) is 6.04. The molecule has 5 nitrogen and oxygen atoms in total. The smallest absolute Gasteiger partial charge is 0.262 e. The maximum absolute atomic E-state index is 12.1. The predicted molar refractivity (Wildman–Crippen MR) is 109 cm³/mol. The Morgan fingerprint density at radius 3 is 2.21 bits per heavy atom. The number of amides is 1. The first-order valence-electron chi connectivity index (χ1n) is 9.15. The summed E-state index contributed by atoms with van der Waals surface area (Å²) >= 11 is 0. The number of ether oxygens (including phenoxy) is 3. The molecule has 0 saturated carbocycles. The van der Waals surface area contributed by atoms with Crippen molar-refractivity contribution in [2.45, 2.75) is 13.5 Å². The summed E-state index contributed by atoms with van der Waals surface area (Å²) in [7, 11) is 0. The Balaban J connectivity index is 1.45. The fourth-order valence-corrected chi connectivity index (χ4v) is 2.54. The molecule has 5 heteroatoms. The third kappa shape index (κ3) is 6.06. The van der Waals surface area contributed by atoms with Crippen LogP contribution in [0.2, 0.25) is 0 Å². The van der Waals surface area contributed by atoms with Gasteiger partial charge in [-0.1, -0.05) is 36.4 Å². The van der Waals surface area contributed by atoms with Gasteiger partial charge in [-0.25, -0.2) is 0 Å². The van der Waals surface area contributed by atoms with Crippen LogP contribution in [0.25, 0.3) is 0 Å². The first-order chi connectivity index (χ1) is 13.7. The zero-order valence-corrected chi connectivity index (χ0v) is 15.8. The molecule has 0 bridgehead atoms. The van der Waals surface area contributed by atoms with Crippen LogP contribution < -0.4 is 19.5 Å². The number of carbonyl (C=O) groups excluding carboxylic acids is 1. The van der Waals surface area contributed by atoms with Gasteiger partial charge in [-0.05, 0) is 48.9 Å². The highest BCUT2D eigenvalue weighted by Gasteiger charge is 2.05. The lowest BCUT2D eigenvalue weighted by Gasteiger charge is -2.10. The van der Waals surface area contributed by atoms with E-state index in [1.165, 1.54) is 0 Å². The van der Waals surface area contributed by atoms with Crippen molar-refractivity contribution in [3.8, 4) is 17.2 Å². The van der Waals surface area contributed by atoms with E-state index in [4.69, 9.17) is 14.2 Å². The van der Waals surface area contributed by atoms with E-state index in [-0.39, 0.29) is 12.5 Å². The number of hydrogen-bond acceptors (Lipinski definition) is 4. The topological polar surface area (TPSA) is 56.8 Å². The van der Waals surface area contributed by atoms with Gasteiger partial charge in [0.25, 0.3) is 5.91 Å². The van der Waals surface area contributed by atoms with Crippen molar-refractivity contribution in [2.75, 3.05) is 18.5 Å². The fraction of sp³-hybridized carbons (Fsp3) is 0.174. The maximum atomic E-state index is 12.1. The number of nitrogens with one attached hydrogen (secondary N) is 1. The lowest BCUT2D eigenvalue weighted by atomic mass is 10.2. The minimum atomic E-state index is -0.236. The molecule has 0 atom stereocenters. The molecule has 3 aromatic rings. The van der Waals surface area contributed by atoms with Crippen LogP contribution >= 0.6 is 0 Å². The summed E-state index contributed by atoms with van der Waals surface area (Å²) in [5, 5.41) is 2.80. The number of anilines is 1. The summed E-state index contributed by atoms with van der Waals surface area (Å²) in [4.78, 5) is 12.1. The number of carbonyl (C=O) groups is 1. The number of rotatable bonds is 9. The Kier molecular flexibility index (Phi) is 6.90. The van der Waals surface area contributed by atoms with E-state index in [1.807, 2.05) is 61.5 Å².